The lowest BCUT2D eigenvalue weighted by molar-refractivity contribution is 0.585. The molecule has 0 unspecified atom stereocenters. The zero-order chi connectivity index (χ0) is 11.6. The molecule has 0 aromatic carbocycles. The van der Waals surface area contributed by atoms with Gasteiger partial charge < -0.3 is 0 Å². The molecule has 0 aliphatic rings. The van der Waals surface area contributed by atoms with Crippen LogP contribution in [0.2, 0.25) is 8.67 Å². The largest absolute Gasteiger partial charge is 0.243 e. The molecule has 0 saturated carbocycles. The quantitative estimate of drug-likeness (QED) is 0.865. The first-order valence-electron chi connectivity index (χ1n) is 3.92. The van der Waals surface area contributed by atoms with Gasteiger partial charge in [0, 0.05) is 6.54 Å². The maximum atomic E-state index is 11.7. The number of sulfonamides is 1. The van der Waals surface area contributed by atoms with Crippen molar-refractivity contribution >= 4 is 44.6 Å². The van der Waals surface area contributed by atoms with Crippen molar-refractivity contribution in [3.63, 3.8) is 0 Å². The van der Waals surface area contributed by atoms with Crippen molar-refractivity contribution in [2.24, 2.45) is 0 Å². The van der Waals surface area contributed by atoms with Gasteiger partial charge in [0.15, 0.2) is 0 Å². The molecule has 0 saturated heterocycles. The van der Waals surface area contributed by atoms with Gasteiger partial charge in [0.25, 0.3) is 0 Å². The van der Waals surface area contributed by atoms with Crippen molar-refractivity contribution in [1.29, 1.82) is 0 Å². The Labute approximate surface area is 103 Å². The lowest BCUT2D eigenvalue weighted by Gasteiger charge is -2.04. The highest BCUT2D eigenvalue weighted by molar-refractivity contribution is 7.89. The second-order valence-corrected chi connectivity index (χ2v) is 6.99. The van der Waals surface area contributed by atoms with Crippen molar-refractivity contribution in [1.82, 2.24) is 4.72 Å². The summed E-state index contributed by atoms with van der Waals surface area (Å²) >= 11 is 12.4. The summed E-state index contributed by atoms with van der Waals surface area (Å²) in [4.78, 5) is 0.0143. The summed E-state index contributed by atoms with van der Waals surface area (Å²) in [6, 6.07) is 1.33. The maximum absolute atomic E-state index is 11.7. The molecule has 0 bridgehead atoms. The van der Waals surface area contributed by atoms with Crippen LogP contribution in [0.1, 0.15) is 6.92 Å². The van der Waals surface area contributed by atoms with Gasteiger partial charge in [-0.25, -0.2) is 13.1 Å². The topological polar surface area (TPSA) is 46.2 Å². The van der Waals surface area contributed by atoms with E-state index in [0.717, 1.165) is 16.9 Å². The smallest absolute Gasteiger partial charge is 0.207 e. The summed E-state index contributed by atoms with van der Waals surface area (Å²) in [6.07, 6.45) is 0. The molecule has 0 atom stereocenters. The highest BCUT2D eigenvalue weighted by atomic mass is 35.5. The van der Waals surface area contributed by atoms with Gasteiger partial charge in [-0.3, -0.25) is 0 Å². The Hall–Kier alpha value is -0.0700. The van der Waals surface area contributed by atoms with E-state index in [2.05, 4.69) is 11.3 Å². The van der Waals surface area contributed by atoms with Gasteiger partial charge in [0.2, 0.25) is 10.0 Å². The van der Waals surface area contributed by atoms with E-state index in [0.29, 0.717) is 4.34 Å². The lowest BCUT2D eigenvalue weighted by Crippen LogP contribution is -2.24. The number of halogens is 2. The fourth-order valence-corrected chi connectivity index (χ4v) is 4.05. The van der Waals surface area contributed by atoms with Crippen molar-refractivity contribution in [2.75, 3.05) is 6.54 Å². The Morgan fingerprint density at radius 2 is 2.20 bits per heavy atom. The molecular weight excluding hydrogens is 277 g/mol. The van der Waals surface area contributed by atoms with Gasteiger partial charge in [-0.2, -0.15) is 0 Å². The minimum Gasteiger partial charge on any atom is -0.207 e. The third kappa shape index (κ3) is 3.46. The van der Waals surface area contributed by atoms with Gasteiger partial charge in [-0.05, 0) is 13.0 Å². The fourth-order valence-electron chi connectivity index (χ4n) is 0.804. The fraction of sp³-hybridized carbons (Fsp3) is 0.250. The summed E-state index contributed by atoms with van der Waals surface area (Å²) in [5.41, 5.74) is 0.719. The first kappa shape index (κ1) is 13.0. The average molecular weight is 286 g/mol. The zero-order valence-electron chi connectivity index (χ0n) is 7.88. The third-order valence-electron chi connectivity index (χ3n) is 1.48. The van der Waals surface area contributed by atoms with Crippen LogP contribution in [0.5, 0.6) is 0 Å². The van der Waals surface area contributed by atoms with E-state index in [-0.39, 0.29) is 15.8 Å². The van der Waals surface area contributed by atoms with E-state index >= 15 is 0 Å². The van der Waals surface area contributed by atoms with Crippen LogP contribution in [0, 0.1) is 0 Å². The van der Waals surface area contributed by atoms with Crippen LogP contribution >= 0.6 is 34.5 Å². The van der Waals surface area contributed by atoms with Crippen molar-refractivity contribution in [3.8, 4) is 0 Å². The molecule has 0 aliphatic carbocycles. The molecule has 0 fully saturated rings. The summed E-state index contributed by atoms with van der Waals surface area (Å²) in [6.45, 7) is 5.51. The predicted octanol–water partition coefficient (Wildman–Crippen LogP) is 2.91. The molecule has 1 aromatic rings. The number of thiophene rings is 1. The Kier molecular flexibility index (Phi) is 4.20. The normalized spacial score (nSPS) is 11.7. The van der Waals surface area contributed by atoms with Crippen molar-refractivity contribution in [3.05, 3.63) is 26.9 Å². The molecule has 0 amide bonds. The predicted molar refractivity (Wildman–Crippen MR) is 64.3 cm³/mol. The molecule has 84 valence electrons. The number of rotatable bonds is 4. The second kappa shape index (κ2) is 4.84. The van der Waals surface area contributed by atoms with Crippen LogP contribution in [0.15, 0.2) is 23.1 Å². The lowest BCUT2D eigenvalue weighted by atomic mass is 10.4. The summed E-state index contributed by atoms with van der Waals surface area (Å²) in [5, 5.41) is 0. The molecule has 0 radical (unpaired) electrons. The van der Waals surface area contributed by atoms with Gasteiger partial charge in [0.05, 0.1) is 4.34 Å². The Morgan fingerprint density at radius 1 is 1.60 bits per heavy atom. The minimum atomic E-state index is -3.58. The van der Waals surface area contributed by atoms with E-state index in [4.69, 9.17) is 23.2 Å². The summed E-state index contributed by atoms with van der Waals surface area (Å²) < 4.78 is 26.2. The number of hydrogen-bond acceptors (Lipinski definition) is 3. The molecule has 15 heavy (non-hydrogen) atoms. The molecule has 7 heteroatoms. The van der Waals surface area contributed by atoms with Gasteiger partial charge in [-0.1, -0.05) is 35.4 Å². The molecule has 0 aliphatic heterocycles. The Bertz CT molecular complexity index is 479. The molecule has 1 rings (SSSR count). The van der Waals surface area contributed by atoms with Gasteiger partial charge in [-0.15, -0.1) is 11.3 Å². The van der Waals surface area contributed by atoms with Crippen LogP contribution in [0.4, 0.5) is 0 Å². The van der Waals surface area contributed by atoms with Crippen LogP contribution in [-0.2, 0) is 10.0 Å². The summed E-state index contributed by atoms with van der Waals surface area (Å²) in [7, 11) is -3.58. The highest BCUT2D eigenvalue weighted by Crippen LogP contribution is 2.33. The van der Waals surface area contributed by atoms with Crippen LogP contribution in [-0.4, -0.2) is 15.0 Å². The zero-order valence-corrected chi connectivity index (χ0v) is 11.0. The first-order valence-corrected chi connectivity index (χ1v) is 6.97. The molecular formula is C8H9Cl2NO2S2. The van der Waals surface area contributed by atoms with E-state index in [1.165, 1.54) is 6.07 Å². The van der Waals surface area contributed by atoms with Crippen LogP contribution in [0.25, 0.3) is 0 Å². The van der Waals surface area contributed by atoms with Gasteiger partial charge in [0.1, 0.15) is 9.23 Å². The van der Waals surface area contributed by atoms with E-state index in [1.807, 2.05) is 0 Å². The Balaban J connectivity index is 2.96. The second-order valence-electron chi connectivity index (χ2n) is 2.97. The van der Waals surface area contributed by atoms with Crippen molar-refractivity contribution < 1.29 is 8.42 Å². The molecule has 1 heterocycles. The molecule has 0 spiro atoms. The first-order chi connectivity index (χ1) is 6.83. The van der Waals surface area contributed by atoms with E-state index in [1.54, 1.807) is 6.92 Å². The molecule has 1 N–H and O–H groups in total. The standard InChI is InChI=1S/C8H9Cl2NO2S2/c1-5(2)4-11-15(12,13)6-3-7(9)14-8(6)10/h3,11H,1,4H2,2H3. The average Bonchev–Trinajstić information content (AvgIpc) is 2.43. The van der Waals surface area contributed by atoms with E-state index < -0.39 is 10.0 Å². The SMILES string of the molecule is C=C(C)CNS(=O)(=O)c1cc(Cl)sc1Cl. The molecule has 3 nitrogen and oxygen atoms in total. The molecule has 1 aromatic heterocycles. The number of hydrogen-bond donors (Lipinski definition) is 1. The maximum Gasteiger partial charge on any atom is 0.243 e. The summed E-state index contributed by atoms with van der Waals surface area (Å²) in [5.74, 6) is 0. The monoisotopic (exact) mass is 285 g/mol. The van der Waals surface area contributed by atoms with Crippen molar-refractivity contribution in [2.45, 2.75) is 11.8 Å². The Morgan fingerprint density at radius 3 is 2.60 bits per heavy atom. The van der Waals surface area contributed by atoms with E-state index in [9.17, 15) is 8.42 Å². The third-order valence-corrected chi connectivity index (χ3v) is 4.63. The number of nitrogens with one attached hydrogen (secondary N) is 1. The van der Waals surface area contributed by atoms with Crippen LogP contribution in [0.3, 0.4) is 0 Å². The highest BCUT2D eigenvalue weighted by Gasteiger charge is 2.20. The minimum absolute atomic E-state index is 0.0143. The van der Waals surface area contributed by atoms with Crippen LogP contribution < -0.4 is 4.72 Å². The van der Waals surface area contributed by atoms with Gasteiger partial charge >= 0.3 is 0 Å².